The molecule has 0 saturated carbocycles. The molecule has 7 heteroatoms. The van der Waals surface area contributed by atoms with E-state index in [4.69, 9.17) is 30.2 Å². The van der Waals surface area contributed by atoms with Crippen molar-refractivity contribution in [2.24, 2.45) is 5.92 Å². The van der Waals surface area contributed by atoms with E-state index in [-0.39, 0.29) is 17.1 Å². The topological polar surface area (TPSA) is 75.0 Å². The Labute approximate surface area is 172 Å². The van der Waals surface area contributed by atoms with Gasteiger partial charge in [-0.15, -0.1) is 0 Å². The van der Waals surface area contributed by atoms with Crippen LogP contribution in [-0.2, 0) is 9.53 Å². The standard InChI is InChI=1S/C22H21ClO6/c1-13(2)11-27-22(25)14(3)28-15-8-9-16-19(10-15)26-12-20(21(16)24)29-18-7-5-4-6-17(18)23/h4-10,12-14H,11H2,1-3H3/t14-/m0/s1. The number of ether oxygens (including phenoxy) is 3. The maximum atomic E-state index is 12.7. The first-order valence-electron chi connectivity index (χ1n) is 9.16. The lowest BCUT2D eigenvalue weighted by molar-refractivity contribution is -0.152. The highest BCUT2D eigenvalue weighted by molar-refractivity contribution is 6.32. The molecule has 3 rings (SSSR count). The monoisotopic (exact) mass is 416 g/mol. The molecule has 1 heterocycles. The van der Waals surface area contributed by atoms with Crippen molar-refractivity contribution >= 4 is 28.5 Å². The molecule has 0 fully saturated rings. The van der Waals surface area contributed by atoms with Crippen LogP contribution in [0.1, 0.15) is 20.8 Å². The number of rotatable bonds is 7. The molecular weight excluding hydrogens is 396 g/mol. The minimum Gasteiger partial charge on any atom is -0.479 e. The lowest BCUT2D eigenvalue weighted by atomic mass is 10.2. The molecule has 6 nitrogen and oxygen atoms in total. The van der Waals surface area contributed by atoms with Crippen LogP contribution in [0, 0.1) is 5.92 Å². The molecule has 0 unspecified atom stereocenters. The summed E-state index contributed by atoms with van der Waals surface area (Å²) in [6.07, 6.45) is 0.429. The van der Waals surface area contributed by atoms with Crippen LogP contribution in [0.2, 0.25) is 5.02 Å². The fourth-order valence-corrected chi connectivity index (χ4v) is 2.67. The van der Waals surface area contributed by atoms with Crippen LogP contribution in [-0.4, -0.2) is 18.7 Å². The minimum absolute atomic E-state index is 0.0184. The first-order valence-corrected chi connectivity index (χ1v) is 9.54. The fourth-order valence-electron chi connectivity index (χ4n) is 2.50. The third-order valence-corrected chi connectivity index (χ3v) is 4.29. The Morgan fingerprint density at radius 2 is 1.86 bits per heavy atom. The van der Waals surface area contributed by atoms with E-state index in [0.717, 1.165) is 0 Å². The summed E-state index contributed by atoms with van der Waals surface area (Å²) < 4.78 is 21.9. The second-order valence-electron chi connectivity index (χ2n) is 6.90. The molecule has 0 amide bonds. The van der Waals surface area contributed by atoms with Gasteiger partial charge >= 0.3 is 5.97 Å². The molecule has 2 aromatic carbocycles. The van der Waals surface area contributed by atoms with Crippen LogP contribution in [0.4, 0.5) is 0 Å². The molecule has 0 aliphatic carbocycles. The zero-order valence-corrected chi connectivity index (χ0v) is 17.1. The molecule has 0 bridgehead atoms. The summed E-state index contributed by atoms with van der Waals surface area (Å²) in [5, 5.41) is 0.700. The first kappa shape index (κ1) is 20.7. The van der Waals surface area contributed by atoms with Gasteiger partial charge in [0.15, 0.2) is 6.10 Å². The molecule has 0 N–H and O–H groups in total. The minimum atomic E-state index is -0.791. The van der Waals surface area contributed by atoms with Gasteiger partial charge in [0.1, 0.15) is 23.3 Å². The van der Waals surface area contributed by atoms with Crippen LogP contribution < -0.4 is 14.9 Å². The SMILES string of the molecule is CC(C)COC(=O)[C@H](C)Oc1ccc2c(=O)c(Oc3ccccc3Cl)coc2c1. The number of hydrogen-bond acceptors (Lipinski definition) is 6. The normalized spacial score (nSPS) is 12.0. The van der Waals surface area contributed by atoms with Crippen molar-refractivity contribution in [1.82, 2.24) is 0 Å². The Morgan fingerprint density at radius 3 is 2.59 bits per heavy atom. The van der Waals surface area contributed by atoms with Crippen molar-refractivity contribution in [3.63, 3.8) is 0 Å². The summed E-state index contributed by atoms with van der Waals surface area (Å²) in [4.78, 5) is 24.7. The number of esters is 1. The van der Waals surface area contributed by atoms with E-state index in [0.29, 0.717) is 34.1 Å². The van der Waals surface area contributed by atoms with Gasteiger partial charge in [-0.25, -0.2) is 4.79 Å². The second kappa shape index (κ2) is 9.01. The van der Waals surface area contributed by atoms with Crippen LogP contribution in [0.25, 0.3) is 11.0 Å². The fraction of sp³-hybridized carbons (Fsp3) is 0.273. The Balaban J connectivity index is 1.78. The number of benzene rings is 2. The van der Waals surface area contributed by atoms with Gasteiger partial charge in [0.05, 0.1) is 17.0 Å². The molecule has 1 aromatic heterocycles. The maximum Gasteiger partial charge on any atom is 0.347 e. The molecule has 0 aliphatic heterocycles. The van der Waals surface area contributed by atoms with E-state index in [2.05, 4.69) is 0 Å². The Bertz CT molecular complexity index is 1070. The number of para-hydroxylation sites is 1. The predicted octanol–water partition coefficient (Wildman–Crippen LogP) is 5.21. The zero-order chi connectivity index (χ0) is 21.0. The average Bonchev–Trinajstić information content (AvgIpc) is 2.69. The van der Waals surface area contributed by atoms with E-state index in [9.17, 15) is 9.59 Å². The third-order valence-electron chi connectivity index (χ3n) is 3.97. The number of carbonyl (C=O) groups excluding carboxylic acids is 1. The Hall–Kier alpha value is -2.99. The Kier molecular flexibility index (Phi) is 6.44. The molecule has 0 radical (unpaired) electrons. The van der Waals surface area contributed by atoms with Gasteiger partial charge in [-0.2, -0.15) is 0 Å². The summed E-state index contributed by atoms with van der Waals surface area (Å²) in [5.74, 6) is 0.542. The number of fused-ring (bicyclic) bond motifs is 1. The van der Waals surface area contributed by atoms with Crippen molar-refractivity contribution in [2.45, 2.75) is 26.9 Å². The van der Waals surface area contributed by atoms with E-state index in [1.54, 1.807) is 49.4 Å². The largest absolute Gasteiger partial charge is 0.479 e. The molecule has 152 valence electrons. The van der Waals surface area contributed by atoms with Crippen LogP contribution in [0.3, 0.4) is 0 Å². The molecule has 0 saturated heterocycles. The van der Waals surface area contributed by atoms with Crippen molar-refractivity contribution in [3.8, 4) is 17.2 Å². The highest BCUT2D eigenvalue weighted by Crippen LogP contribution is 2.29. The summed E-state index contributed by atoms with van der Waals surface area (Å²) in [7, 11) is 0. The molecule has 29 heavy (non-hydrogen) atoms. The van der Waals surface area contributed by atoms with Gasteiger partial charge in [0.25, 0.3) is 0 Å². The smallest absolute Gasteiger partial charge is 0.347 e. The molecule has 3 aromatic rings. The van der Waals surface area contributed by atoms with Crippen LogP contribution in [0.5, 0.6) is 17.2 Å². The van der Waals surface area contributed by atoms with E-state index in [1.165, 1.54) is 6.26 Å². The summed E-state index contributed by atoms with van der Waals surface area (Å²) in [6.45, 7) is 5.83. The molecular formula is C22H21ClO6. The summed E-state index contributed by atoms with van der Waals surface area (Å²) in [5.41, 5.74) is -0.0381. The number of halogens is 1. The van der Waals surface area contributed by atoms with Gasteiger partial charge in [0, 0.05) is 6.07 Å². The predicted molar refractivity (Wildman–Crippen MR) is 110 cm³/mol. The van der Waals surface area contributed by atoms with Crippen LogP contribution >= 0.6 is 11.6 Å². The van der Waals surface area contributed by atoms with Gasteiger partial charge < -0.3 is 18.6 Å². The third kappa shape index (κ3) is 5.09. The lowest BCUT2D eigenvalue weighted by Crippen LogP contribution is -2.27. The highest BCUT2D eigenvalue weighted by Gasteiger charge is 2.18. The maximum absolute atomic E-state index is 12.7. The van der Waals surface area contributed by atoms with Gasteiger partial charge in [-0.1, -0.05) is 37.6 Å². The summed E-state index contributed by atoms with van der Waals surface area (Å²) >= 11 is 6.07. The van der Waals surface area contributed by atoms with Crippen molar-refractivity contribution in [2.75, 3.05) is 6.61 Å². The van der Waals surface area contributed by atoms with E-state index >= 15 is 0 Å². The molecule has 0 aliphatic rings. The highest BCUT2D eigenvalue weighted by atomic mass is 35.5. The van der Waals surface area contributed by atoms with E-state index in [1.807, 2.05) is 13.8 Å². The van der Waals surface area contributed by atoms with Crippen molar-refractivity contribution in [1.29, 1.82) is 0 Å². The van der Waals surface area contributed by atoms with Crippen LogP contribution in [0.15, 0.2) is 57.9 Å². The lowest BCUT2D eigenvalue weighted by Gasteiger charge is -2.15. The quantitative estimate of drug-likeness (QED) is 0.492. The van der Waals surface area contributed by atoms with Crippen molar-refractivity contribution in [3.05, 3.63) is 64.0 Å². The van der Waals surface area contributed by atoms with E-state index < -0.39 is 12.1 Å². The number of carbonyl (C=O) groups is 1. The second-order valence-corrected chi connectivity index (χ2v) is 7.31. The Morgan fingerprint density at radius 1 is 1.10 bits per heavy atom. The molecule has 0 spiro atoms. The average molecular weight is 417 g/mol. The van der Waals surface area contributed by atoms with Crippen molar-refractivity contribution < 1.29 is 23.4 Å². The molecule has 1 atom stereocenters. The first-order chi connectivity index (χ1) is 13.8. The number of hydrogen-bond donors (Lipinski definition) is 0. The van der Waals surface area contributed by atoms with Gasteiger partial charge in [0.2, 0.25) is 11.2 Å². The van der Waals surface area contributed by atoms with Gasteiger partial charge in [-0.3, -0.25) is 4.79 Å². The zero-order valence-electron chi connectivity index (χ0n) is 16.3. The van der Waals surface area contributed by atoms with Gasteiger partial charge in [-0.05, 0) is 37.1 Å². The summed E-state index contributed by atoms with van der Waals surface area (Å²) in [6, 6.07) is 11.5.